The lowest BCUT2D eigenvalue weighted by molar-refractivity contribution is -0.154. The van der Waals surface area contributed by atoms with Gasteiger partial charge in [-0.25, -0.2) is 0 Å². The Bertz CT molecular complexity index is 527. The van der Waals surface area contributed by atoms with Gasteiger partial charge in [0.25, 0.3) is 0 Å². The number of ether oxygens (including phenoxy) is 2. The van der Waals surface area contributed by atoms with Crippen molar-refractivity contribution < 1.29 is 14.3 Å². The number of benzene rings is 1. The van der Waals surface area contributed by atoms with Gasteiger partial charge >= 0.3 is 5.97 Å². The Labute approximate surface area is 133 Å². The summed E-state index contributed by atoms with van der Waals surface area (Å²) in [6.07, 6.45) is 1.96. The number of cyclic esters (lactones) is 1. The zero-order valence-electron chi connectivity index (χ0n) is 13.7. The van der Waals surface area contributed by atoms with E-state index in [0.717, 1.165) is 18.4 Å². The standard InChI is InChI=1S/C19H26O3/c1-13-9-17-15(3)22-18(20)19(17,10-14(13)2)12-21-11-16-7-5-4-6-8-16/h4-8,13-15,17H,9-12H2,1-3H3. The third-order valence-electron chi connectivity index (χ3n) is 5.73. The molecule has 1 saturated carbocycles. The van der Waals surface area contributed by atoms with Crippen LogP contribution in [0, 0.1) is 23.2 Å². The first-order valence-electron chi connectivity index (χ1n) is 8.35. The van der Waals surface area contributed by atoms with Gasteiger partial charge in [0.15, 0.2) is 0 Å². The summed E-state index contributed by atoms with van der Waals surface area (Å²) in [7, 11) is 0. The summed E-state index contributed by atoms with van der Waals surface area (Å²) >= 11 is 0. The summed E-state index contributed by atoms with van der Waals surface area (Å²) in [6, 6.07) is 10.1. The molecule has 2 aliphatic rings. The second kappa shape index (κ2) is 6.04. The maximum Gasteiger partial charge on any atom is 0.315 e. The van der Waals surface area contributed by atoms with E-state index in [1.165, 1.54) is 0 Å². The molecule has 5 unspecified atom stereocenters. The topological polar surface area (TPSA) is 35.5 Å². The molecule has 1 aromatic carbocycles. The van der Waals surface area contributed by atoms with Crippen LogP contribution in [0.4, 0.5) is 0 Å². The highest BCUT2D eigenvalue weighted by molar-refractivity contribution is 5.80. The van der Waals surface area contributed by atoms with Crippen LogP contribution in [0.5, 0.6) is 0 Å². The van der Waals surface area contributed by atoms with Crippen LogP contribution in [0.25, 0.3) is 0 Å². The van der Waals surface area contributed by atoms with Crippen molar-refractivity contribution >= 4 is 5.97 Å². The Morgan fingerprint density at radius 2 is 1.91 bits per heavy atom. The Kier molecular flexibility index (Phi) is 4.26. The molecule has 0 spiro atoms. The van der Waals surface area contributed by atoms with Gasteiger partial charge < -0.3 is 9.47 Å². The molecule has 1 aliphatic carbocycles. The third-order valence-corrected chi connectivity index (χ3v) is 5.73. The number of esters is 1. The van der Waals surface area contributed by atoms with Crippen molar-refractivity contribution in [1.82, 2.24) is 0 Å². The van der Waals surface area contributed by atoms with Gasteiger partial charge in [0.05, 0.1) is 18.6 Å². The number of hydrogen-bond donors (Lipinski definition) is 0. The average molecular weight is 302 g/mol. The Hall–Kier alpha value is -1.35. The van der Waals surface area contributed by atoms with Crippen LogP contribution < -0.4 is 0 Å². The average Bonchev–Trinajstić information content (AvgIpc) is 2.73. The minimum absolute atomic E-state index is 0.0165. The lowest BCUT2D eigenvalue weighted by Crippen LogP contribution is -2.45. The molecule has 120 valence electrons. The molecule has 1 aromatic rings. The minimum Gasteiger partial charge on any atom is -0.462 e. The molecule has 0 amide bonds. The Morgan fingerprint density at radius 1 is 1.18 bits per heavy atom. The molecule has 0 aromatic heterocycles. The first-order valence-corrected chi connectivity index (χ1v) is 8.35. The highest BCUT2D eigenvalue weighted by Crippen LogP contribution is 2.53. The lowest BCUT2D eigenvalue weighted by atomic mass is 9.60. The van der Waals surface area contributed by atoms with Gasteiger partial charge in [-0.15, -0.1) is 0 Å². The fourth-order valence-electron chi connectivity index (χ4n) is 4.18. The van der Waals surface area contributed by atoms with Crippen LogP contribution in [0.1, 0.15) is 39.2 Å². The van der Waals surface area contributed by atoms with Crippen LogP contribution >= 0.6 is 0 Å². The van der Waals surface area contributed by atoms with Crippen molar-refractivity contribution in [2.24, 2.45) is 23.2 Å². The van der Waals surface area contributed by atoms with Crippen molar-refractivity contribution in [1.29, 1.82) is 0 Å². The van der Waals surface area contributed by atoms with Crippen LogP contribution in [0.3, 0.4) is 0 Å². The van der Waals surface area contributed by atoms with Crippen molar-refractivity contribution in [3.8, 4) is 0 Å². The van der Waals surface area contributed by atoms with Gasteiger partial charge in [0.1, 0.15) is 6.10 Å². The molecular weight excluding hydrogens is 276 g/mol. The summed E-state index contributed by atoms with van der Waals surface area (Å²) in [4.78, 5) is 12.5. The van der Waals surface area contributed by atoms with Crippen molar-refractivity contribution in [2.75, 3.05) is 6.61 Å². The smallest absolute Gasteiger partial charge is 0.315 e. The fourth-order valence-corrected chi connectivity index (χ4v) is 4.18. The van der Waals surface area contributed by atoms with Crippen molar-refractivity contribution in [2.45, 2.75) is 46.3 Å². The molecule has 0 radical (unpaired) electrons. The molecule has 22 heavy (non-hydrogen) atoms. The number of rotatable bonds is 4. The SMILES string of the molecule is CC1CC2C(C)OC(=O)C2(COCc2ccccc2)CC1C. The number of carbonyl (C=O) groups excluding carboxylic acids is 1. The summed E-state index contributed by atoms with van der Waals surface area (Å²) < 4.78 is 11.6. The highest BCUT2D eigenvalue weighted by Gasteiger charge is 2.59. The van der Waals surface area contributed by atoms with E-state index in [9.17, 15) is 4.79 Å². The largest absolute Gasteiger partial charge is 0.462 e. The molecule has 3 nitrogen and oxygen atoms in total. The van der Waals surface area contributed by atoms with Gasteiger partial charge in [-0.05, 0) is 37.2 Å². The van der Waals surface area contributed by atoms with Crippen LogP contribution in [0.2, 0.25) is 0 Å². The molecule has 1 aliphatic heterocycles. The molecule has 0 N–H and O–H groups in total. The Morgan fingerprint density at radius 3 is 2.64 bits per heavy atom. The van der Waals surface area contributed by atoms with Gasteiger partial charge in [-0.3, -0.25) is 4.79 Å². The second-order valence-corrected chi connectivity index (χ2v) is 7.25. The fraction of sp³-hybridized carbons (Fsp3) is 0.632. The van der Waals surface area contributed by atoms with E-state index in [0.29, 0.717) is 31.0 Å². The third kappa shape index (κ3) is 2.67. The predicted molar refractivity (Wildman–Crippen MR) is 85.1 cm³/mol. The second-order valence-electron chi connectivity index (χ2n) is 7.25. The van der Waals surface area contributed by atoms with Gasteiger partial charge in [-0.1, -0.05) is 44.2 Å². The first kappa shape index (κ1) is 15.5. The van der Waals surface area contributed by atoms with Crippen molar-refractivity contribution in [3.05, 3.63) is 35.9 Å². The van der Waals surface area contributed by atoms with Crippen molar-refractivity contribution in [3.63, 3.8) is 0 Å². The van der Waals surface area contributed by atoms with E-state index in [1.54, 1.807) is 0 Å². The molecule has 1 heterocycles. The predicted octanol–water partition coefficient (Wildman–Crippen LogP) is 3.82. The summed E-state index contributed by atoms with van der Waals surface area (Å²) in [5.41, 5.74) is 0.715. The number of fused-ring (bicyclic) bond motifs is 1. The summed E-state index contributed by atoms with van der Waals surface area (Å²) in [6.45, 7) is 7.60. The van der Waals surface area contributed by atoms with Crippen LogP contribution in [-0.2, 0) is 20.9 Å². The normalized spacial score (nSPS) is 37.7. The molecule has 1 saturated heterocycles. The zero-order valence-corrected chi connectivity index (χ0v) is 13.7. The zero-order chi connectivity index (χ0) is 15.7. The summed E-state index contributed by atoms with van der Waals surface area (Å²) in [5, 5.41) is 0. The number of carbonyl (C=O) groups is 1. The van der Waals surface area contributed by atoms with Crippen LogP contribution in [0.15, 0.2) is 30.3 Å². The van der Waals surface area contributed by atoms with E-state index in [2.05, 4.69) is 26.0 Å². The van der Waals surface area contributed by atoms with Gasteiger partial charge in [0, 0.05) is 5.92 Å². The molecule has 2 fully saturated rings. The molecule has 3 rings (SSSR count). The minimum atomic E-state index is -0.430. The van der Waals surface area contributed by atoms with E-state index >= 15 is 0 Å². The van der Waals surface area contributed by atoms with E-state index in [-0.39, 0.29) is 12.1 Å². The molecule has 0 bridgehead atoms. The first-order chi connectivity index (χ1) is 10.5. The van der Waals surface area contributed by atoms with E-state index < -0.39 is 5.41 Å². The lowest BCUT2D eigenvalue weighted by Gasteiger charge is -2.42. The van der Waals surface area contributed by atoms with E-state index in [4.69, 9.17) is 9.47 Å². The molecule has 3 heteroatoms. The maximum atomic E-state index is 12.5. The monoisotopic (exact) mass is 302 g/mol. The maximum absolute atomic E-state index is 12.5. The molecular formula is C19H26O3. The van der Waals surface area contributed by atoms with Crippen LogP contribution in [-0.4, -0.2) is 18.7 Å². The quantitative estimate of drug-likeness (QED) is 0.793. The van der Waals surface area contributed by atoms with E-state index in [1.807, 2.05) is 25.1 Å². The number of hydrogen-bond acceptors (Lipinski definition) is 3. The Balaban J connectivity index is 1.72. The molecule has 5 atom stereocenters. The summed E-state index contributed by atoms with van der Waals surface area (Å²) in [5.74, 6) is 1.43. The highest BCUT2D eigenvalue weighted by atomic mass is 16.6. The van der Waals surface area contributed by atoms with Gasteiger partial charge in [0.2, 0.25) is 0 Å². The van der Waals surface area contributed by atoms with Gasteiger partial charge in [-0.2, -0.15) is 0 Å².